The van der Waals surface area contributed by atoms with Crippen LogP contribution in [0.3, 0.4) is 0 Å². The van der Waals surface area contributed by atoms with Crippen LogP contribution in [0.5, 0.6) is 0 Å². The molecule has 0 aromatic carbocycles. The number of carbonyl (C=O) groups is 1. The van der Waals surface area contributed by atoms with Gasteiger partial charge in [0.05, 0.1) is 11.8 Å². The Morgan fingerprint density at radius 3 is 2.15 bits per heavy atom. The summed E-state index contributed by atoms with van der Waals surface area (Å²) in [4.78, 5) is 11.7. The maximum Gasteiger partial charge on any atom is 0.237 e. The van der Waals surface area contributed by atoms with E-state index in [-0.39, 0.29) is 36.5 Å². The molecule has 2 atom stereocenters. The molecular weight excluding hydrogens is 300 g/mol. The van der Waals surface area contributed by atoms with Gasteiger partial charge in [0.15, 0.2) is 0 Å². The zero-order chi connectivity index (χ0) is 15.1. The minimum absolute atomic E-state index is 0. The van der Waals surface area contributed by atoms with Crippen molar-refractivity contribution in [2.24, 2.45) is 11.7 Å². The lowest BCUT2D eigenvalue weighted by atomic mass is 10.0. The van der Waals surface area contributed by atoms with Crippen LogP contribution in [-0.2, 0) is 14.6 Å². The van der Waals surface area contributed by atoms with Crippen molar-refractivity contribution in [2.45, 2.75) is 58.5 Å². The molecule has 0 aliphatic carbocycles. The van der Waals surface area contributed by atoms with E-state index in [1.54, 1.807) is 0 Å². The van der Waals surface area contributed by atoms with Crippen molar-refractivity contribution < 1.29 is 13.2 Å². The van der Waals surface area contributed by atoms with E-state index >= 15 is 0 Å². The highest BCUT2D eigenvalue weighted by Crippen LogP contribution is 2.08. The number of nitrogens with two attached hydrogens (primary N) is 1. The van der Waals surface area contributed by atoms with Crippen LogP contribution in [-0.4, -0.2) is 38.4 Å². The number of amides is 1. The number of carbonyl (C=O) groups excluding carboxylic acids is 1. The molecular formula is C13H29ClN2O3S. The van der Waals surface area contributed by atoms with Gasteiger partial charge < -0.3 is 11.1 Å². The second-order valence-corrected chi connectivity index (χ2v) is 8.02. The highest BCUT2D eigenvalue weighted by Gasteiger charge is 2.17. The molecule has 122 valence electrons. The van der Waals surface area contributed by atoms with Gasteiger partial charge in [-0.2, -0.15) is 0 Å². The number of sulfone groups is 1. The van der Waals surface area contributed by atoms with Crippen molar-refractivity contribution in [3.05, 3.63) is 0 Å². The Morgan fingerprint density at radius 1 is 1.15 bits per heavy atom. The molecule has 0 fully saturated rings. The van der Waals surface area contributed by atoms with Gasteiger partial charge in [-0.1, -0.05) is 26.7 Å². The fraction of sp³-hybridized carbons (Fsp3) is 0.923. The zero-order valence-corrected chi connectivity index (χ0v) is 14.5. The molecule has 0 radical (unpaired) electrons. The van der Waals surface area contributed by atoms with Gasteiger partial charge in [-0.25, -0.2) is 8.42 Å². The lowest BCUT2D eigenvalue weighted by Gasteiger charge is -2.17. The summed E-state index contributed by atoms with van der Waals surface area (Å²) < 4.78 is 22.0. The van der Waals surface area contributed by atoms with Crippen molar-refractivity contribution in [3.8, 4) is 0 Å². The lowest BCUT2D eigenvalue weighted by Crippen LogP contribution is -2.45. The topological polar surface area (TPSA) is 89.3 Å². The van der Waals surface area contributed by atoms with Crippen LogP contribution in [0.1, 0.15) is 46.5 Å². The van der Waals surface area contributed by atoms with Crippen LogP contribution in [0.2, 0.25) is 0 Å². The van der Waals surface area contributed by atoms with Crippen molar-refractivity contribution in [3.63, 3.8) is 0 Å². The number of hydrogen-bond acceptors (Lipinski definition) is 4. The van der Waals surface area contributed by atoms with Crippen LogP contribution < -0.4 is 11.1 Å². The largest absolute Gasteiger partial charge is 0.352 e. The van der Waals surface area contributed by atoms with Gasteiger partial charge in [0.2, 0.25) is 5.91 Å². The summed E-state index contributed by atoms with van der Waals surface area (Å²) in [6.07, 6.45) is 4.44. The average Bonchev–Trinajstić information content (AvgIpc) is 2.24. The molecule has 0 aliphatic rings. The molecule has 0 heterocycles. The molecule has 0 aromatic heterocycles. The summed E-state index contributed by atoms with van der Waals surface area (Å²) in [5, 5.41) is 2.83. The van der Waals surface area contributed by atoms with E-state index in [2.05, 4.69) is 19.2 Å². The summed E-state index contributed by atoms with van der Waals surface area (Å²) in [5.74, 6) is 0.351. The van der Waals surface area contributed by atoms with E-state index in [1.807, 2.05) is 6.92 Å². The monoisotopic (exact) mass is 328 g/mol. The number of nitrogens with one attached hydrogen (secondary N) is 1. The Morgan fingerprint density at radius 2 is 1.70 bits per heavy atom. The van der Waals surface area contributed by atoms with E-state index < -0.39 is 15.9 Å². The first-order valence-electron chi connectivity index (χ1n) is 6.85. The van der Waals surface area contributed by atoms with Crippen molar-refractivity contribution >= 4 is 28.2 Å². The van der Waals surface area contributed by atoms with Gasteiger partial charge in [-0.15, -0.1) is 12.4 Å². The summed E-state index contributed by atoms with van der Waals surface area (Å²) in [7, 11) is -3.06. The normalized spacial score (nSPS) is 14.5. The number of hydrogen-bond donors (Lipinski definition) is 2. The third-order valence-electron chi connectivity index (χ3n) is 2.94. The Kier molecular flexibility index (Phi) is 11.4. The molecule has 0 bridgehead atoms. The fourth-order valence-corrected chi connectivity index (χ4v) is 2.41. The molecule has 1 amide bonds. The van der Waals surface area contributed by atoms with Gasteiger partial charge in [0.1, 0.15) is 9.84 Å². The second kappa shape index (κ2) is 10.4. The second-order valence-electron chi connectivity index (χ2n) is 5.76. The van der Waals surface area contributed by atoms with Gasteiger partial charge in [0.25, 0.3) is 0 Å². The molecule has 0 aromatic rings. The maximum atomic E-state index is 11.7. The fourth-order valence-electron chi connectivity index (χ4n) is 1.73. The van der Waals surface area contributed by atoms with Crippen molar-refractivity contribution in [1.29, 1.82) is 0 Å². The van der Waals surface area contributed by atoms with E-state index in [1.165, 1.54) is 0 Å². The summed E-state index contributed by atoms with van der Waals surface area (Å²) in [6, 6.07) is -0.669. The summed E-state index contributed by atoms with van der Waals surface area (Å²) >= 11 is 0. The first-order valence-corrected chi connectivity index (χ1v) is 8.91. The third kappa shape index (κ3) is 12.7. The Balaban J connectivity index is 0. The predicted octanol–water partition coefficient (Wildman–Crippen LogP) is 1.50. The van der Waals surface area contributed by atoms with Crippen LogP contribution in [0, 0.1) is 5.92 Å². The van der Waals surface area contributed by atoms with E-state index in [9.17, 15) is 13.2 Å². The average molecular weight is 329 g/mol. The summed E-state index contributed by atoms with van der Waals surface area (Å²) in [5.41, 5.74) is 5.67. The molecule has 7 heteroatoms. The molecule has 0 saturated heterocycles. The van der Waals surface area contributed by atoms with Crippen molar-refractivity contribution in [1.82, 2.24) is 5.32 Å². The van der Waals surface area contributed by atoms with Gasteiger partial charge in [0, 0.05) is 12.3 Å². The molecule has 2 unspecified atom stereocenters. The Bertz CT molecular complexity index is 372. The molecule has 3 N–H and O–H groups in total. The first-order chi connectivity index (χ1) is 8.61. The van der Waals surface area contributed by atoms with Crippen molar-refractivity contribution in [2.75, 3.05) is 12.0 Å². The van der Waals surface area contributed by atoms with Crippen LogP contribution in [0.15, 0.2) is 0 Å². The predicted molar refractivity (Wildman–Crippen MR) is 85.8 cm³/mol. The highest BCUT2D eigenvalue weighted by molar-refractivity contribution is 7.90. The zero-order valence-electron chi connectivity index (χ0n) is 12.9. The molecule has 0 saturated carbocycles. The smallest absolute Gasteiger partial charge is 0.237 e. The Hall–Kier alpha value is -0.330. The number of rotatable bonds is 9. The molecule has 0 aliphatic heterocycles. The van der Waals surface area contributed by atoms with Crippen LogP contribution in [0.4, 0.5) is 0 Å². The minimum Gasteiger partial charge on any atom is -0.352 e. The van der Waals surface area contributed by atoms with E-state index in [0.717, 1.165) is 25.5 Å². The quantitative estimate of drug-likeness (QED) is 0.671. The molecule has 5 nitrogen and oxygen atoms in total. The summed E-state index contributed by atoms with van der Waals surface area (Å²) in [6.45, 7) is 6.29. The number of halogens is 1. The van der Waals surface area contributed by atoms with Crippen LogP contribution in [0.25, 0.3) is 0 Å². The first kappa shape index (κ1) is 22.0. The SMILES string of the molecule is CC(C)CCCC(C)NC(=O)C(N)CCS(C)(=O)=O.Cl. The molecule has 20 heavy (non-hydrogen) atoms. The highest BCUT2D eigenvalue weighted by atomic mass is 35.5. The molecule has 0 rings (SSSR count). The van der Waals surface area contributed by atoms with Gasteiger partial charge in [-0.3, -0.25) is 4.79 Å². The Labute approximate surface area is 129 Å². The van der Waals surface area contributed by atoms with Gasteiger partial charge in [-0.05, 0) is 25.7 Å². The van der Waals surface area contributed by atoms with Gasteiger partial charge >= 0.3 is 0 Å². The lowest BCUT2D eigenvalue weighted by molar-refractivity contribution is -0.123. The molecule has 0 spiro atoms. The minimum atomic E-state index is -3.06. The van der Waals surface area contributed by atoms with E-state index in [0.29, 0.717) is 5.92 Å². The van der Waals surface area contributed by atoms with Crippen LogP contribution >= 0.6 is 12.4 Å². The van der Waals surface area contributed by atoms with E-state index in [4.69, 9.17) is 5.73 Å². The maximum absolute atomic E-state index is 11.7. The third-order valence-corrected chi connectivity index (χ3v) is 3.92. The standard InChI is InChI=1S/C13H28N2O3S.ClH/c1-10(2)6-5-7-11(3)15-13(16)12(14)8-9-19(4,17)18;/h10-12H,5-9,14H2,1-4H3,(H,15,16);1H.